The second-order valence-electron chi connectivity index (χ2n) is 2.81. The number of nitrogens with one attached hydrogen (secondary N) is 1. The molecule has 0 aromatic heterocycles. The topological polar surface area (TPSA) is 38.0 Å². The summed E-state index contributed by atoms with van der Waals surface area (Å²) in [6, 6.07) is 1.68. The summed E-state index contributed by atoms with van der Waals surface area (Å²) in [5, 5.41) is 0.247. The molecule has 1 unspecified atom stereocenters. The average Bonchev–Trinajstić information content (AvgIpc) is 2.10. The molecule has 0 heterocycles. The van der Waals surface area contributed by atoms with Crippen molar-refractivity contribution in [2.45, 2.75) is 12.2 Å². The van der Waals surface area contributed by atoms with Crippen LogP contribution in [0.25, 0.3) is 0 Å². The molecule has 15 heavy (non-hydrogen) atoms. The fourth-order valence-corrected chi connectivity index (χ4v) is 1.38. The van der Waals surface area contributed by atoms with Gasteiger partial charge in [-0.2, -0.15) is 13.2 Å². The van der Waals surface area contributed by atoms with Crippen molar-refractivity contribution >= 4 is 23.2 Å². The summed E-state index contributed by atoms with van der Waals surface area (Å²) < 4.78 is 37.3. The number of hydrogen-bond donors (Lipinski definition) is 2. The molecule has 7 heteroatoms. The Bertz CT molecular complexity index is 354. The highest BCUT2D eigenvalue weighted by Crippen LogP contribution is 2.34. The molecule has 0 aliphatic carbocycles. The van der Waals surface area contributed by atoms with Crippen molar-refractivity contribution in [2.75, 3.05) is 0 Å². The van der Waals surface area contributed by atoms with Crippen molar-refractivity contribution in [2.24, 2.45) is 5.84 Å². The van der Waals surface area contributed by atoms with E-state index in [9.17, 15) is 13.2 Å². The highest BCUT2D eigenvalue weighted by atomic mass is 35.5. The second-order valence-corrected chi connectivity index (χ2v) is 3.63. The monoisotopic (exact) mass is 258 g/mol. The van der Waals surface area contributed by atoms with E-state index in [-0.39, 0.29) is 15.6 Å². The van der Waals surface area contributed by atoms with Crippen molar-refractivity contribution in [3.8, 4) is 0 Å². The normalized spacial score (nSPS) is 14.0. The summed E-state index contributed by atoms with van der Waals surface area (Å²) in [6.45, 7) is 0. The molecule has 84 valence electrons. The van der Waals surface area contributed by atoms with E-state index in [4.69, 9.17) is 29.0 Å². The predicted molar refractivity (Wildman–Crippen MR) is 52.6 cm³/mol. The molecule has 1 rings (SSSR count). The molecule has 0 radical (unpaired) electrons. The zero-order chi connectivity index (χ0) is 11.6. The first-order valence-corrected chi connectivity index (χ1v) is 4.59. The molecule has 0 amide bonds. The lowest BCUT2D eigenvalue weighted by atomic mass is 10.1. The standard InChI is InChI=1S/C8H7Cl2F3N2/c9-5-2-1-4(3-6(5)10)7(15-14)8(11,12)13/h1-3,7,15H,14H2. The number of benzene rings is 1. The highest BCUT2D eigenvalue weighted by Gasteiger charge is 2.40. The fraction of sp³-hybridized carbons (Fsp3) is 0.250. The minimum Gasteiger partial charge on any atom is -0.271 e. The maximum Gasteiger partial charge on any atom is 0.409 e. The lowest BCUT2D eigenvalue weighted by Gasteiger charge is -2.19. The van der Waals surface area contributed by atoms with Crippen LogP contribution in [-0.4, -0.2) is 6.18 Å². The van der Waals surface area contributed by atoms with Crippen LogP contribution in [0.5, 0.6) is 0 Å². The van der Waals surface area contributed by atoms with Gasteiger partial charge >= 0.3 is 6.18 Å². The minimum absolute atomic E-state index is 0.0543. The molecule has 1 atom stereocenters. The van der Waals surface area contributed by atoms with E-state index in [2.05, 4.69) is 0 Å². The van der Waals surface area contributed by atoms with Crippen LogP contribution in [0.15, 0.2) is 18.2 Å². The van der Waals surface area contributed by atoms with E-state index in [0.717, 1.165) is 6.07 Å². The predicted octanol–water partition coefficient (Wildman–Crippen LogP) is 3.06. The largest absolute Gasteiger partial charge is 0.409 e. The Labute approximate surface area is 94.1 Å². The summed E-state index contributed by atoms with van der Waals surface area (Å²) in [6.07, 6.45) is -4.48. The van der Waals surface area contributed by atoms with Gasteiger partial charge in [-0.05, 0) is 17.7 Å². The Morgan fingerprint density at radius 2 is 1.80 bits per heavy atom. The van der Waals surface area contributed by atoms with Crippen molar-refractivity contribution < 1.29 is 13.2 Å². The van der Waals surface area contributed by atoms with Gasteiger partial charge in [-0.1, -0.05) is 29.3 Å². The molecule has 2 nitrogen and oxygen atoms in total. The Morgan fingerprint density at radius 3 is 2.20 bits per heavy atom. The first-order chi connectivity index (χ1) is 6.86. The van der Waals surface area contributed by atoms with Crippen LogP contribution in [-0.2, 0) is 0 Å². The molecule has 1 aromatic rings. The first kappa shape index (κ1) is 12.6. The van der Waals surface area contributed by atoms with Crippen LogP contribution < -0.4 is 11.3 Å². The number of rotatable bonds is 2. The summed E-state index contributed by atoms with van der Waals surface area (Å²) in [7, 11) is 0. The SMILES string of the molecule is NNC(c1ccc(Cl)c(Cl)c1)C(F)(F)F. The van der Waals surface area contributed by atoms with Crippen molar-refractivity contribution in [1.29, 1.82) is 0 Å². The van der Waals surface area contributed by atoms with Gasteiger partial charge in [0.05, 0.1) is 10.0 Å². The van der Waals surface area contributed by atoms with Gasteiger partial charge in [0.25, 0.3) is 0 Å². The Hall–Kier alpha value is -0.490. The number of hydrazine groups is 1. The van der Waals surface area contributed by atoms with Gasteiger partial charge in [-0.3, -0.25) is 5.84 Å². The number of hydrogen-bond acceptors (Lipinski definition) is 2. The lowest BCUT2D eigenvalue weighted by Crippen LogP contribution is -2.38. The smallest absolute Gasteiger partial charge is 0.271 e. The molecule has 1 aromatic carbocycles. The van der Waals surface area contributed by atoms with Crippen LogP contribution in [0, 0.1) is 0 Å². The quantitative estimate of drug-likeness (QED) is 0.632. The van der Waals surface area contributed by atoms with E-state index >= 15 is 0 Å². The van der Waals surface area contributed by atoms with Gasteiger partial charge in [0.2, 0.25) is 0 Å². The summed E-state index contributed by atoms with van der Waals surface area (Å²) >= 11 is 11.2. The zero-order valence-electron chi connectivity index (χ0n) is 7.28. The van der Waals surface area contributed by atoms with Gasteiger partial charge in [0.1, 0.15) is 6.04 Å². The molecule has 0 spiro atoms. The maximum atomic E-state index is 12.4. The van der Waals surface area contributed by atoms with E-state index in [1.54, 1.807) is 5.43 Å². The fourth-order valence-electron chi connectivity index (χ4n) is 1.07. The Morgan fingerprint density at radius 1 is 1.20 bits per heavy atom. The maximum absolute atomic E-state index is 12.4. The molecular formula is C8H7Cl2F3N2. The minimum atomic E-state index is -4.48. The van der Waals surface area contributed by atoms with Gasteiger partial charge in [-0.25, -0.2) is 5.43 Å². The molecule has 0 fully saturated rings. The van der Waals surface area contributed by atoms with Crippen molar-refractivity contribution in [1.82, 2.24) is 5.43 Å². The van der Waals surface area contributed by atoms with Crippen LogP contribution in [0.1, 0.15) is 11.6 Å². The third-order valence-electron chi connectivity index (χ3n) is 1.77. The van der Waals surface area contributed by atoms with Gasteiger partial charge < -0.3 is 0 Å². The van der Waals surface area contributed by atoms with E-state index in [1.807, 2.05) is 0 Å². The Balaban J connectivity index is 3.08. The lowest BCUT2D eigenvalue weighted by molar-refractivity contribution is -0.157. The third kappa shape index (κ3) is 2.98. The Kier molecular flexibility index (Phi) is 3.83. The first-order valence-electron chi connectivity index (χ1n) is 3.84. The summed E-state index contributed by atoms with van der Waals surface area (Å²) in [4.78, 5) is 0. The van der Waals surface area contributed by atoms with Crippen LogP contribution in [0.2, 0.25) is 10.0 Å². The van der Waals surface area contributed by atoms with Gasteiger partial charge in [0.15, 0.2) is 0 Å². The van der Waals surface area contributed by atoms with Crippen LogP contribution in [0.4, 0.5) is 13.2 Å². The number of halogens is 5. The van der Waals surface area contributed by atoms with Crippen LogP contribution in [0.3, 0.4) is 0 Å². The summed E-state index contributed by atoms with van der Waals surface area (Å²) in [5.41, 5.74) is 1.59. The van der Waals surface area contributed by atoms with Gasteiger partial charge in [-0.15, -0.1) is 0 Å². The highest BCUT2D eigenvalue weighted by molar-refractivity contribution is 6.42. The molecule has 3 N–H and O–H groups in total. The molecule has 0 saturated carbocycles. The van der Waals surface area contributed by atoms with E-state index in [1.165, 1.54) is 12.1 Å². The van der Waals surface area contributed by atoms with Crippen molar-refractivity contribution in [3.05, 3.63) is 33.8 Å². The summed E-state index contributed by atoms with van der Waals surface area (Å²) in [5.74, 6) is 4.83. The van der Waals surface area contributed by atoms with E-state index in [0.29, 0.717) is 0 Å². The average molecular weight is 259 g/mol. The zero-order valence-corrected chi connectivity index (χ0v) is 8.79. The molecule has 0 aliphatic rings. The van der Waals surface area contributed by atoms with Crippen molar-refractivity contribution in [3.63, 3.8) is 0 Å². The van der Waals surface area contributed by atoms with Crippen LogP contribution >= 0.6 is 23.2 Å². The number of alkyl halides is 3. The molecule has 0 aliphatic heterocycles. The molecule has 0 saturated heterocycles. The third-order valence-corrected chi connectivity index (χ3v) is 2.51. The molecular weight excluding hydrogens is 252 g/mol. The second kappa shape index (κ2) is 4.57. The van der Waals surface area contributed by atoms with E-state index < -0.39 is 12.2 Å². The van der Waals surface area contributed by atoms with Gasteiger partial charge in [0, 0.05) is 0 Å². The number of nitrogens with two attached hydrogens (primary N) is 1. The molecule has 0 bridgehead atoms.